The van der Waals surface area contributed by atoms with Crippen molar-refractivity contribution >= 4 is 11.9 Å². The molecule has 1 rings (SSSR count). The monoisotopic (exact) mass is 605 g/mol. The Kier molecular flexibility index (Phi) is 25.3. The number of furan rings is 1. The number of hydrogen-bond donors (Lipinski definition) is 0. The van der Waals surface area contributed by atoms with E-state index in [1.54, 1.807) is 0 Å². The fourth-order valence-corrected chi connectivity index (χ4v) is 5.72. The number of ether oxygens (including phenoxy) is 2. The van der Waals surface area contributed by atoms with Gasteiger partial charge in [-0.3, -0.25) is 9.59 Å². The van der Waals surface area contributed by atoms with Crippen molar-refractivity contribution in [3.8, 4) is 11.5 Å². The smallest absolute Gasteiger partial charge is 0.311 e. The van der Waals surface area contributed by atoms with E-state index in [-0.39, 0.29) is 11.9 Å². The highest BCUT2D eigenvalue weighted by Gasteiger charge is 2.25. The zero-order chi connectivity index (χ0) is 31.4. The summed E-state index contributed by atoms with van der Waals surface area (Å²) in [6.07, 6.45) is 32.0. The van der Waals surface area contributed by atoms with Gasteiger partial charge in [-0.25, -0.2) is 0 Å². The first kappa shape index (κ1) is 39.2. The van der Waals surface area contributed by atoms with E-state index < -0.39 is 0 Å². The fraction of sp³-hybridized carbons (Fsp3) is 0.842. The van der Waals surface area contributed by atoms with Crippen molar-refractivity contribution in [2.75, 3.05) is 0 Å². The minimum atomic E-state index is -0.275. The number of rotatable bonds is 30. The van der Waals surface area contributed by atoms with E-state index in [4.69, 9.17) is 13.9 Å². The van der Waals surface area contributed by atoms with Crippen molar-refractivity contribution < 1.29 is 23.5 Å². The maximum atomic E-state index is 12.7. The molecule has 0 atom stereocenters. The Morgan fingerprint density at radius 1 is 0.419 bits per heavy atom. The quantitative estimate of drug-likeness (QED) is 0.0645. The van der Waals surface area contributed by atoms with Gasteiger partial charge in [-0.1, -0.05) is 169 Å². The lowest BCUT2D eigenvalue weighted by Crippen LogP contribution is -2.12. The molecule has 0 saturated carbocycles. The molecule has 0 N–H and O–H groups in total. The van der Waals surface area contributed by atoms with Gasteiger partial charge in [-0.2, -0.15) is 0 Å². The minimum absolute atomic E-state index is 0.275. The van der Waals surface area contributed by atoms with Crippen LogP contribution in [-0.4, -0.2) is 11.9 Å². The predicted molar refractivity (Wildman–Crippen MR) is 180 cm³/mol. The Morgan fingerprint density at radius 3 is 0.930 bits per heavy atom. The van der Waals surface area contributed by atoms with Gasteiger partial charge >= 0.3 is 11.9 Å². The van der Waals surface area contributed by atoms with Crippen LogP contribution in [0.5, 0.6) is 11.5 Å². The van der Waals surface area contributed by atoms with Gasteiger partial charge < -0.3 is 13.9 Å². The van der Waals surface area contributed by atoms with Crippen LogP contribution in [0.4, 0.5) is 0 Å². The van der Waals surface area contributed by atoms with Gasteiger partial charge in [-0.15, -0.1) is 0 Å². The van der Waals surface area contributed by atoms with Crippen LogP contribution in [-0.2, 0) is 22.4 Å². The molecule has 1 heterocycles. The normalized spacial score (nSPS) is 11.3. The summed E-state index contributed by atoms with van der Waals surface area (Å²) in [6, 6.07) is 0. The van der Waals surface area contributed by atoms with Crippen LogP contribution in [0.2, 0.25) is 0 Å². The van der Waals surface area contributed by atoms with E-state index in [9.17, 15) is 9.59 Å². The Morgan fingerprint density at radius 2 is 0.674 bits per heavy atom. The number of hydrogen-bond acceptors (Lipinski definition) is 5. The molecular formula is C38H68O5. The molecule has 0 amide bonds. The van der Waals surface area contributed by atoms with Crippen molar-refractivity contribution in [2.24, 2.45) is 0 Å². The van der Waals surface area contributed by atoms with Gasteiger partial charge in [0, 0.05) is 25.7 Å². The van der Waals surface area contributed by atoms with Crippen LogP contribution in [0.1, 0.15) is 206 Å². The Bertz CT molecular complexity index is 747. The molecule has 0 unspecified atom stereocenters. The molecule has 5 heteroatoms. The third kappa shape index (κ3) is 20.0. The maximum Gasteiger partial charge on any atom is 0.311 e. The van der Waals surface area contributed by atoms with Crippen molar-refractivity contribution in [3.63, 3.8) is 0 Å². The summed E-state index contributed by atoms with van der Waals surface area (Å²) in [5.74, 6) is 1.23. The second-order valence-electron chi connectivity index (χ2n) is 12.5. The van der Waals surface area contributed by atoms with Crippen molar-refractivity contribution in [3.05, 3.63) is 11.5 Å². The van der Waals surface area contributed by atoms with E-state index >= 15 is 0 Å². The first-order chi connectivity index (χ1) is 21.1. The minimum Gasteiger partial charge on any atom is -0.458 e. The van der Waals surface area contributed by atoms with Gasteiger partial charge in [0.05, 0.1) is 0 Å². The van der Waals surface area contributed by atoms with Gasteiger partial charge in [0.25, 0.3) is 0 Å². The van der Waals surface area contributed by atoms with Crippen LogP contribution in [0.25, 0.3) is 0 Å². The van der Waals surface area contributed by atoms with E-state index in [1.165, 1.54) is 116 Å². The number of carbonyl (C=O) groups is 2. The van der Waals surface area contributed by atoms with Crippen molar-refractivity contribution in [1.82, 2.24) is 0 Å². The van der Waals surface area contributed by atoms with E-state index in [0.29, 0.717) is 48.7 Å². The highest BCUT2D eigenvalue weighted by atomic mass is 16.6. The highest BCUT2D eigenvalue weighted by molar-refractivity contribution is 5.77. The average Bonchev–Trinajstić information content (AvgIpc) is 3.33. The number of carbonyl (C=O) groups excluding carboxylic acids is 2. The lowest BCUT2D eigenvalue weighted by molar-refractivity contribution is -0.137. The second-order valence-corrected chi connectivity index (χ2v) is 12.5. The molecule has 0 aliphatic carbocycles. The zero-order valence-electron chi connectivity index (χ0n) is 28.8. The first-order valence-corrected chi connectivity index (χ1v) is 18.6. The third-order valence-electron chi connectivity index (χ3n) is 8.50. The zero-order valence-corrected chi connectivity index (χ0v) is 28.8. The summed E-state index contributed by atoms with van der Waals surface area (Å²) in [7, 11) is 0. The molecule has 0 radical (unpaired) electrons. The lowest BCUT2D eigenvalue weighted by atomic mass is 10.0. The molecule has 0 spiro atoms. The first-order valence-electron chi connectivity index (χ1n) is 18.6. The Labute approximate surface area is 265 Å². The molecule has 0 bridgehead atoms. The Balaban J connectivity index is 2.29. The second kappa shape index (κ2) is 27.7. The molecule has 0 aliphatic heterocycles. The molecule has 5 nitrogen and oxygen atoms in total. The van der Waals surface area contributed by atoms with Gasteiger partial charge in [0.2, 0.25) is 11.5 Å². The van der Waals surface area contributed by atoms with Crippen molar-refractivity contribution in [2.45, 2.75) is 207 Å². The molecule has 1 aromatic rings. The van der Waals surface area contributed by atoms with Crippen LogP contribution >= 0.6 is 0 Å². The molecule has 0 saturated heterocycles. The fourth-order valence-electron chi connectivity index (χ4n) is 5.72. The molecule has 1 aromatic heterocycles. The average molecular weight is 605 g/mol. The predicted octanol–water partition coefficient (Wildman–Crippen LogP) is 12.4. The SMILES string of the molecule is CCCCCCCCCCCCCCC(=O)Oc1c(CC)oc(CC)c1OC(=O)CCCCCCCCCCCCCC. The molecular weight excluding hydrogens is 536 g/mol. The van der Waals surface area contributed by atoms with Crippen LogP contribution in [0.15, 0.2) is 4.42 Å². The topological polar surface area (TPSA) is 65.7 Å². The van der Waals surface area contributed by atoms with Crippen LogP contribution < -0.4 is 9.47 Å². The molecule has 0 aromatic carbocycles. The van der Waals surface area contributed by atoms with Gasteiger partial charge in [-0.05, 0) is 12.8 Å². The lowest BCUT2D eigenvalue weighted by Gasteiger charge is -2.09. The van der Waals surface area contributed by atoms with Crippen LogP contribution in [0.3, 0.4) is 0 Å². The van der Waals surface area contributed by atoms with E-state index in [1.807, 2.05) is 13.8 Å². The Hall–Kier alpha value is -1.78. The number of aryl methyl sites for hydroxylation is 2. The van der Waals surface area contributed by atoms with E-state index in [0.717, 1.165) is 38.5 Å². The summed E-state index contributed by atoms with van der Waals surface area (Å²) in [5.41, 5.74) is 0. The molecule has 43 heavy (non-hydrogen) atoms. The highest BCUT2D eigenvalue weighted by Crippen LogP contribution is 2.39. The summed E-state index contributed by atoms with van der Waals surface area (Å²) in [6.45, 7) is 8.44. The number of esters is 2. The molecule has 250 valence electrons. The summed E-state index contributed by atoms with van der Waals surface area (Å²) < 4.78 is 17.4. The van der Waals surface area contributed by atoms with Crippen LogP contribution in [0, 0.1) is 0 Å². The summed E-state index contributed by atoms with van der Waals surface area (Å²) in [4.78, 5) is 25.4. The largest absolute Gasteiger partial charge is 0.458 e. The summed E-state index contributed by atoms with van der Waals surface area (Å²) in [5, 5.41) is 0. The number of unbranched alkanes of at least 4 members (excludes halogenated alkanes) is 22. The molecule has 0 aliphatic rings. The van der Waals surface area contributed by atoms with Crippen molar-refractivity contribution in [1.29, 1.82) is 0 Å². The van der Waals surface area contributed by atoms with Gasteiger partial charge in [0.15, 0.2) is 11.5 Å². The standard InChI is InChI=1S/C38H68O5/c1-5-9-11-13-15-17-19-21-23-25-27-29-31-35(39)42-37-33(7-3)41-34(8-4)38(37)43-36(40)32-30-28-26-24-22-20-18-16-14-12-10-6-2/h5-32H2,1-4H3. The van der Waals surface area contributed by atoms with Gasteiger partial charge in [0.1, 0.15) is 0 Å². The third-order valence-corrected chi connectivity index (χ3v) is 8.50. The summed E-state index contributed by atoms with van der Waals surface area (Å²) >= 11 is 0. The maximum absolute atomic E-state index is 12.7. The van der Waals surface area contributed by atoms with E-state index in [2.05, 4.69) is 13.8 Å². The molecule has 0 fully saturated rings.